The lowest BCUT2D eigenvalue weighted by molar-refractivity contribution is 0.0988. The number of nitrogens with one attached hydrogen (secondary N) is 1. The fourth-order valence-corrected chi connectivity index (χ4v) is 3.99. The van der Waals surface area contributed by atoms with Gasteiger partial charge in [0.1, 0.15) is 13.2 Å². The molecule has 7 nitrogen and oxygen atoms in total. The molecule has 2 aliphatic rings. The number of amides is 1. The summed E-state index contributed by atoms with van der Waals surface area (Å²) in [6, 6.07) is 9.96. The predicted octanol–water partition coefficient (Wildman–Crippen LogP) is 1.57. The van der Waals surface area contributed by atoms with Crippen molar-refractivity contribution in [3.8, 4) is 11.5 Å². The normalized spacial score (nSPS) is 15.7. The number of carbonyl (C=O) groups is 1. The molecule has 1 amide bonds. The number of rotatable bonds is 3. The maximum absolute atomic E-state index is 12.9. The van der Waals surface area contributed by atoms with Gasteiger partial charge in [-0.05, 0) is 55.4 Å². The molecule has 0 unspecified atom stereocenters. The first-order valence-corrected chi connectivity index (χ1v) is 9.76. The van der Waals surface area contributed by atoms with E-state index in [1.165, 1.54) is 13.1 Å². The molecule has 1 N–H and O–H groups in total. The summed E-state index contributed by atoms with van der Waals surface area (Å²) in [5.41, 5.74) is 2.08. The van der Waals surface area contributed by atoms with E-state index in [1.54, 1.807) is 35.2 Å². The van der Waals surface area contributed by atoms with Crippen LogP contribution in [-0.2, 0) is 16.4 Å². The van der Waals surface area contributed by atoms with Crippen LogP contribution < -0.4 is 19.1 Å². The first kappa shape index (κ1) is 16.9. The molecule has 0 fully saturated rings. The van der Waals surface area contributed by atoms with E-state index in [1.807, 2.05) is 0 Å². The van der Waals surface area contributed by atoms with E-state index >= 15 is 0 Å². The molecule has 0 bridgehead atoms. The third kappa shape index (κ3) is 2.81. The van der Waals surface area contributed by atoms with Crippen LogP contribution in [0.2, 0.25) is 0 Å². The van der Waals surface area contributed by atoms with Crippen LogP contribution >= 0.6 is 0 Å². The minimum atomic E-state index is -3.50. The Hall–Kier alpha value is -2.58. The van der Waals surface area contributed by atoms with Crippen LogP contribution in [0, 0.1) is 0 Å². The van der Waals surface area contributed by atoms with Gasteiger partial charge in [-0.25, -0.2) is 13.1 Å². The molecule has 0 aromatic heterocycles. The van der Waals surface area contributed by atoms with Crippen LogP contribution in [0.1, 0.15) is 15.9 Å². The van der Waals surface area contributed by atoms with Crippen LogP contribution in [0.15, 0.2) is 41.3 Å². The summed E-state index contributed by atoms with van der Waals surface area (Å²) in [6.45, 7) is 1.46. The van der Waals surface area contributed by atoms with Crippen molar-refractivity contribution >= 4 is 21.6 Å². The minimum absolute atomic E-state index is 0.148. The molecule has 2 aliphatic heterocycles. The molecule has 2 heterocycles. The average Bonchev–Trinajstić information content (AvgIpc) is 3.10. The maximum atomic E-state index is 12.9. The fourth-order valence-electron chi connectivity index (χ4n) is 3.21. The Morgan fingerprint density at radius 1 is 1.08 bits per heavy atom. The summed E-state index contributed by atoms with van der Waals surface area (Å²) in [4.78, 5) is 14.8. The van der Waals surface area contributed by atoms with Crippen LogP contribution in [0.25, 0.3) is 0 Å². The first-order valence-electron chi connectivity index (χ1n) is 8.27. The van der Waals surface area contributed by atoms with Gasteiger partial charge >= 0.3 is 0 Å². The van der Waals surface area contributed by atoms with Gasteiger partial charge in [0, 0.05) is 17.8 Å². The molecule has 0 saturated heterocycles. The number of hydrogen-bond donors (Lipinski definition) is 1. The molecule has 26 heavy (non-hydrogen) atoms. The number of nitrogens with zero attached hydrogens (tertiary/aromatic N) is 1. The SMILES string of the molecule is CNS(=O)(=O)c1ccc2c(c1)CCN2C(=O)c1ccc2c(c1)OCCO2. The maximum Gasteiger partial charge on any atom is 0.258 e. The Morgan fingerprint density at radius 2 is 1.85 bits per heavy atom. The number of anilines is 1. The number of ether oxygens (including phenoxy) is 2. The highest BCUT2D eigenvalue weighted by atomic mass is 32.2. The average molecular weight is 374 g/mol. The van der Waals surface area contributed by atoms with Crippen molar-refractivity contribution in [1.82, 2.24) is 4.72 Å². The Kier molecular flexibility index (Phi) is 4.08. The molecule has 4 rings (SSSR count). The smallest absolute Gasteiger partial charge is 0.258 e. The van der Waals surface area contributed by atoms with E-state index in [0.29, 0.717) is 43.2 Å². The highest BCUT2D eigenvalue weighted by Gasteiger charge is 2.28. The number of hydrogen-bond acceptors (Lipinski definition) is 5. The standard InChI is InChI=1S/C18H18N2O5S/c1-19-26(22,23)14-3-4-15-12(10-14)6-7-20(15)18(21)13-2-5-16-17(11-13)25-9-8-24-16/h2-5,10-11,19H,6-9H2,1H3. The van der Waals surface area contributed by atoms with E-state index in [9.17, 15) is 13.2 Å². The highest BCUT2D eigenvalue weighted by molar-refractivity contribution is 7.89. The number of sulfonamides is 1. The molecule has 0 atom stereocenters. The predicted molar refractivity (Wildman–Crippen MR) is 95.5 cm³/mol. The first-order chi connectivity index (χ1) is 12.5. The number of carbonyl (C=O) groups excluding carboxylic acids is 1. The van der Waals surface area contributed by atoms with Crippen LogP contribution in [0.5, 0.6) is 11.5 Å². The lowest BCUT2D eigenvalue weighted by Gasteiger charge is -2.21. The second-order valence-corrected chi connectivity index (χ2v) is 7.95. The molecular weight excluding hydrogens is 356 g/mol. The zero-order chi connectivity index (χ0) is 18.3. The number of fused-ring (bicyclic) bond motifs is 2. The third-order valence-corrected chi connectivity index (χ3v) is 5.97. The molecule has 136 valence electrons. The van der Waals surface area contributed by atoms with Gasteiger partial charge in [0.25, 0.3) is 5.91 Å². The van der Waals surface area contributed by atoms with E-state index in [0.717, 1.165) is 11.3 Å². The summed E-state index contributed by atoms with van der Waals surface area (Å²) in [5, 5.41) is 0. The van der Waals surface area contributed by atoms with Gasteiger partial charge in [-0.3, -0.25) is 4.79 Å². The fraction of sp³-hybridized carbons (Fsp3) is 0.278. The Labute approximate surface area is 151 Å². The van der Waals surface area contributed by atoms with Crippen molar-refractivity contribution in [1.29, 1.82) is 0 Å². The molecule has 0 radical (unpaired) electrons. The third-order valence-electron chi connectivity index (χ3n) is 4.56. The van der Waals surface area contributed by atoms with Crippen LogP contribution in [-0.4, -0.2) is 41.1 Å². The van der Waals surface area contributed by atoms with Crippen molar-refractivity contribution in [2.24, 2.45) is 0 Å². The van der Waals surface area contributed by atoms with Crippen molar-refractivity contribution in [2.45, 2.75) is 11.3 Å². The van der Waals surface area contributed by atoms with E-state index in [2.05, 4.69) is 4.72 Å². The van der Waals surface area contributed by atoms with Gasteiger partial charge in [0.15, 0.2) is 11.5 Å². The van der Waals surface area contributed by atoms with Gasteiger partial charge in [-0.2, -0.15) is 0 Å². The molecule has 0 aliphatic carbocycles. The minimum Gasteiger partial charge on any atom is -0.486 e. The van der Waals surface area contributed by atoms with Gasteiger partial charge in [0.2, 0.25) is 10.0 Å². The highest BCUT2D eigenvalue weighted by Crippen LogP contribution is 2.34. The second kappa shape index (κ2) is 6.30. The Bertz CT molecular complexity index is 987. The molecule has 2 aromatic rings. The van der Waals surface area contributed by atoms with Gasteiger partial charge in [-0.15, -0.1) is 0 Å². The Morgan fingerprint density at radius 3 is 2.62 bits per heavy atom. The Balaban J connectivity index is 1.64. The largest absolute Gasteiger partial charge is 0.486 e. The van der Waals surface area contributed by atoms with Crippen molar-refractivity contribution in [2.75, 3.05) is 31.7 Å². The van der Waals surface area contributed by atoms with Gasteiger partial charge in [-0.1, -0.05) is 0 Å². The summed E-state index contributed by atoms with van der Waals surface area (Å²) in [5.74, 6) is 1.05. The quantitative estimate of drug-likeness (QED) is 0.882. The monoisotopic (exact) mass is 374 g/mol. The summed E-state index contributed by atoms with van der Waals surface area (Å²) in [7, 11) is -2.13. The van der Waals surface area contributed by atoms with Crippen LogP contribution in [0.3, 0.4) is 0 Å². The van der Waals surface area contributed by atoms with Crippen molar-refractivity contribution < 1.29 is 22.7 Å². The molecular formula is C18H18N2O5S. The molecule has 2 aromatic carbocycles. The van der Waals surface area contributed by atoms with E-state index in [-0.39, 0.29) is 10.8 Å². The zero-order valence-corrected chi connectivity index (χ0v) is 15.0. The summed E-state index contributed by atoms with van der Waals surface area (Å²) in [6.07, 6.45) is 0.610. The lowest BCUT2D eigenvalue weighted by Crippen LogP contribution is -2.29. The number of benzene rings is 2. The van der Waals surface area contributed by atoms with E-state index in [4.69, 9.17) is 9.47 Å². The zero-order valence-electron chi connectivity index (χ0n) is 14.2. The van der Waals surface area contributed by atoms with Crippen molar-refractivity contribution in [3.05, 3.63) is 47.5 Å². The lowest BCUT2D eigenvalue weighted by atomic mass is 10.1. The summed E-state index contributed by atoms with van der Waals surface area (Å²) >= 11 is 0. The van der Waals surface area contributed by atoms with Crippen LogP contribution in [0.4, 0.5) is 5.69 Å². The van der Waals surface area contributed by atoms with E-state index < -0.39 is 10.0 Å². The van der Waals surface area contributed by atoms with Gasteiger partial charge in [0.05, 0.1) is 4.90 Å². The molecule has 0 spiro atoms. The second-order valence-electron chi connectivity index (χ2n) is 6.06. The van der Waals surface area contributed by atoms with Gasteiger partial charge < -0.3 is 14.4 Å². The molecule has 0 saturated carbocycles. The summed E-state index contributed by atoms with van der Waals surface area (Å²) < 4.78 is 37.2. The topological polar surface area (TPSA) is 84.9 Å². The molecule has 8 heteroatoms. The van der Waals surface area contributed by atoms with Crippen molar-refractivity contribution in [3.63, 3.8) is 0 Å².